The van der Waals surface area contributed by atoms with Gasteiger partial charge in [-0.05, 0) is 55.3 Å². The summed E-state index contributed by atoms with van der Waals surface area (Å²) >= 11 is 1.47. The minimum absolute atomic E-state index is 0.158. The molecule has 2 N–H and O–H groups in total. The van der Waals surface area contributed by atoms with E-state index in [1.165, 1.54) is 11.8 Å². The van der Waals surface area contributed by atoms with Crippen LogP contribution in [-0.4, -0.2) is 37.8 Å². The zero-order valence-corrected chi connectivity index (χ0v) is 19.8. The second-order valence-electron chi connectivity index (χ2n) is 7.30. The molecular formula is C26H28N2O4S. The van der Waals surface area contributed by atoms with E-state index in [1.54, 1.807) is 38.5 Å². The van der Waals surface area contributed by atoms with Crippen LogP contribution in [0.5, 0.6) is 11.5 Å². The first kappa shape index (κ1) is 24.2. The Hall–Kier alpha value is -3.45. The predicted octanol–water partition coefficient (Wildman–Crippen LogP) is 4.80. The lowest BCUT2D eigenvalue weighted by Crippen LogP contribution is -2.28. The summed E-state index contributed by atoms with van der Waals surface area (Å²) in [6.07, 6.45) is 0.630. The molecule has 172 valence electrons. The van der Waals surface area contributed by atoms with Crippen LogP contribution < -0.4 is 20.1 Å². The van der Waals surface area contributed by atoms with Crippen molar-refractivity contribution in [1.29, 1.82) is 0 Å². The van der Waals surface area contributed by atoms with Gasteiger partial charge in [-0.3, -0.25) is 9.59 Å². The van der Waals surface area contributed by atoms with Crippen molar-refractivity contribution in [3.05, 3.63) is 83.9 Å². The van der Waals surface area contributed by atoms with Gasteiger partial charge in [-0.25, -0.2) is 0 Å². The van der Waals surface area contributed by atoms with Gasteiger partial charge < -0.3 is 20.1 Å². The summed E-state index contributed by atoms with van der Waals surface area (Å²) in [6.45, 7) is 2.29. The van der Waals surface area contributed by atoms with E-state index in [0.717, 1.165) is 10.5 Å². The highest BCUT2D eigenvalue weighted by molar-refractivity contribution is 8.00. The maximum absolute atomic E-state index is 12.8. The molecule has 0 bridgehead atoms. The smallest absolute Gasteiger partial charge is 0.253 e. The van der Waals surface area contributed by atoms with E-state index in [1.807, 2.05) is 55.5 Å². The second-order valence-corrected chi connectivity index (χ2v) is 8.72. The van der Waals surface area contributed by atoms with E-state index in [-0.39, 0.29) is 17.1 Å². The molecule has 3 rings (SSSR count). The molecule has 33 heavy (non-hydrogen) atoms. The molecule has 0 aliphatic rings. The fourth-order valence-electron chi connectivity index (χ4n) is 3.23. The third kappa shape index (κ3) is 6.76. The standard InChI is InChI=1S/C26H28N2O4S/c1-18(33-20-9-5-4-6-10-20)25(29)28-22-12-8-7-11-21(22)26(30)27-16-15-19-13-14-23(31-2)24(17-19)32-3/h4-14,17-18H,15-16H2,1-3H3,(H,27,30)(H,28,29)/t18-/m1/s1. The Kier molecular flexibility index (Phi) is 8.78. The highest BCUT2D eigenvalue weighted by Crippen LogP contribution is 2.28. The number of amides is 2. The normalized spacial score (nSPS) is 11.4. The van der Waals surface area contributed by atoms with Gasteiger partial charge >= 0.3 is 0 Å². The number of para-hydroxylation sites is 1. The number of benzene rings is 3. The van der Waals surface area contributed by atoms with Crippen LogP contribution >= 0.6 is 11.8 Å². The van der Waals surface area contributed by atoms with Crippen molar-refractivity contribution in [1.82, 2.24) is 5.32 Å². The lowest BCUT2D eigenvalue weighted by molar-refractivity contribution is -0.115. The minimum atomic E-state index is -0.312. The van der Waals surface area contributed by atoms with Gasteiger partial charge in [-0.15, -0.1) is 11.8 Å². The van der Waals surface area contributed by atoms with Gasteiger partial charge in [0.05, 0.1) is 30.7 Å². The van der Waals surface area contributed by atoms with E-state index in [9.17, 15) is 9.59 Å². The van der Waals surface area contributed by atoms with Gasteiger partial charge in [0.1, 0.15) is 0 Å². The Balaban J connectivity index is 1.59. The van der Waals surface area contributed by atoms with Crippen molar-refractivity contribution in [3.8, 4) is 11.5 Å². The number of hydrogen-bond acceptors (Lipinski definition) is 5. The molecule has 0 aromatic heterocycles. The van der Waals surface area contributed by atoms with Crippen LogP contribution in [-0.2, 0) is 11.2 Å². The third-order valence-electron chi connectivity index (χ3n) is 5.00. The molecule has 3 aromatic carbocycles. The van der Waals surface area contributed by atoms with Crippen LogP contribution in [0.3, 0.4) is 0 Å². The predicted molar refractivity (Wildman–Crippen MR) is 132 cm³/mol. The molecule has 0 aliphatic carbocycles. The number of hydrogen-bond donors (Lipinski definition) is 2. The largest absolute Gasteiger partial charge is 0.493 e. The van der Waals surface area contributed by atoms with Crippen molar-refractivity contribution < 1.29 is 19.1 Å². The summed E-state index contributed by atoms with van der Waals surface area (Å²) in [4.78, 5) is 26.5. The molecule has 0 spiro atoms. The highest BCUT2D eigenvalue weighted by atomic mass is 32.2. The zero-order chi connectivity index (χ0) is 23.6. The zero-order valence-electron chi connectivity index (χ0n) is 19.0. The molecule has 7 heteroatoms. The number of ether oxygens (including phenoxy) is 2. The summed E-state index contributed by atoms with van der Waals surface area (Å²) in [5, 5.41) is 5.51. The summed E-state index contributed by atoms with van der Waals surface area (Å²) in [5.41, 5.74) is 1.93. The molecule has 6 nitrogen and oxygen atoms in total. The first-order chi connectivity index (χ1) is 16.0. The molecular weight excluding hydrogens is 436 g/mol. The van der Waals surface area contributed by atoms with Crippen molar-refractivity contribution in [3.63, 3.8) is 0 Å². The van der Waals surface area contributed by atoms with Crippen LogP contribution in [0.1, 0.15) is 22.8 Å². The van der Waals surface area contributed by atoms with E-state index >= 15 is 0 Å². The summed E-state index contributed by atoms with van der Waals surface area (Å²) in [5.74, 6) is 0.913. The van der Waals surface area contributed by atoms with E-state index in [0.29, 0.717) is 35.7 Å². The topological polar surface area (TPSA) is 76.7 Å². The van der Waals surface area contributed by atoms with Crippen LogP contribution in [0.15, 0.2) is 77.7 Å². The Morgan fingerprint density at radius 2 is 1.61 bits per heavy atom. The van der Waals surface area contributed by atoms with Crippen LogP contribution in [0.4, 0.5) is 5.69 Å². The Morgan fingerprint density at radius 3 is 2.33 bits per heavy atom. The fraction of sp³-hybridized carbons (Fsp3) is 0.231. The summed E-state index contributed by atoms with van der Waals surface area (Å²) < 4.78 is 10.6. The quantitative estimate of drug-likeness (QED) is 0.422. The van der Waals surface area contributed by atoms with E-state index < -0.39 is 0 Å². The fourth-order valence-corrected chi connectivity index (χ4v) is 4.12. The van der Waals surface area contributed by atoms with Gasteiger partial charge in [0.25, 0.3) is 5.91 Å². The Bertz CT molecular complexity index is 1090. The SMILES string of the molecule is COc1ccc(CCNC(=O)c2ccccc2NC(=O)[C@@H](C)Sc2ccccc2)cc1OC. The average Bonchev–Trinajstić information content (AvgIpc) is 2.84. The van der Waals surface area contributed by atoms with Gasteiger partial charge in [0.2, 0.25) is 5.91 Å². The maximum atomic E-state index is 12.8. The molecule has 0 aliphatic heterocycles. The number of methoxy groups -OCH3 is 2. The van der Waals surface area contributed by atoms with Gasteiger partial charge in [-0.1, -0.05) is 36.4 Å². The molecule has 3 aromatic rings. The Labute approximate surface area is 198 Å². The highest BCUT2D eigenvalue weighted by Gasteiger charge is 2.18. The van der Waals surface area contributed by atoms with Crippen molar-refractivity contribution in [2.24, 2.45) is 0 Å². The number of carbonyl (C=O) groups is 2. The third-order valence-corrected chi connectivity index (χ3v) is 6.11. The monoisotopic (exact) mass is 464 g/mol. The van der Waals surface area contributed by atoms with Crippen LogP contribution in [0, 0.1) is 0 Å². The minimum Gasteiger partial charge on any atom is -0.493 e. The molecule has 0 saturated carbocycles. The number of rotatable bonds is 10. The van der Waals surface area contributed by atoms with Crippen LogP contribution in [0.2, 0.25) is 0 Å². The van der Waals surface area contributed by atoms with E-state index in [2.05, 4.69) is 10.6 Å². The second kappa shape index (κ2) is 12.0. The number of thioether (sulfide) groups is 1. The van der Waals surface area contributed by atoms with Gasteiger partial charge in [0, 0.05) is 11.4 Å². The molecule has 0 heterocycles. The summed E-state index contributed by atoms with van der Waals surface area (Å²) in [6, 6.07) is 22.4. The molecule has 2 amide bonds. The molecule has 1 atom stereocenters. The van der Waals surface area contributed by atoms with Crippen LogP contribution in [0.25, 0.3) is 0 Å². The maximum Gasteiger partial charge on any atom is 0.253 e. The molecule has 0 radical (unpaired) electrons. The molecule has 0 saturated heterocycles. The lowest BCUT2D eigenvalue weighted by Gasteiger charge is -2.15. The average molecular weight is 465 g/mol. The van der Waals surface area contributed by atoms with Gasteiger partial charge in [-0.2, -0.15) is 0 Å². The van der Waals surface area contributed by atoms with E-state index in [4.69, 9.17) is 9.47 Å². The Morgan fingerprint density at radius 1 is 0.909 bits per heavy atom. The number of anilines is 1. The lowest BCUT2D eigenvalue weighted by atomic mass is 10.1. The van der Waals surface area contributed by atoms with Crippen molar-refractivity contribution >= 4 is 29.3 Å². The number of carbonyl (C=O) groups excluding carboxylic acids is 2. The molecule has 0 fully saturated rings. The summed E-state index contributed by atoms with van der Waals surface area (Å²) in [7, 11) is 3.18. The van der Waals surface area contributed by atoms with Gasteiger partial charge in [0.15, 0.2) is 11.5 Å². The van der Waals surface area contributed by atoms with Crippen molar-refractivity contribution in [2.45, 2.75) is 23.5 Å². The first-order valence-electron chi connectivity index (χ1n) is 10.6. The number of nitrogens with one attached hydrogen (secondary N) is 2. The molecule has 0 unspecified atom stereocenters. The first-order valence-corrected chi connectivity index (χ1v) is 11.5. The van der Waals surface area contributed by atoms with Crippen molar-refractivity contribution in [2.75, 3.05) is 26.1 Å².